The SMILES string of the molecule is Cn1nnc(Br)c1-c1cncc(N)n1. The summed E-state index contributed by atoms with van der Waals surface area (Å²) in [5.74, 6) is 0.371. The Morgan fingerprint density at radius 3 is 2.79 bits per heavy atom. The number of anilines is 1. The van der Waals surface area contributed by atoms with Crippen molar-refractivity contribution in [3.05, 3.63) is 17.0 Å². The average Bonchev–Trinajstić information content (AvgIpc) is 2.46. The second-order valence-corrected chi connectivity index (χ2v) is 3.43. The summed E-state index contributed by atoms with van der Waals surface area (Å²) in [5.41, 5.74) is 6.92. The van der Waals surface area contributed by atoms with E-state index in [1.165, 1.54) is 6.20 Å². The number of nitrogen functional groups attached to an aromatic ring is 1. The molecule has 0 saturated carbocycles. The van der Waals surface area contributed by atoms with Crippen LogP contribution in [0.5, 0.6) is 0 Å². The van der Waals surface area contributed by atoms with Gasteiger partial charge in [-0.2, -0.15) is 0 Å². The number of hydrogen-bond acceptors (Lipinski definition) is 5. The number of nitrogens with zero attached hydrogens (tertiary/aromatic N) is 5. The minimum atomic E-state index is 0.371. The quantitative estimate of drug-likeness (QED) is 0.807. The molecule has 0 amide bonds. The van der Waals surface area contributed by atoms with Gasteiger partial charge in [0.05, 0.1) is 12.4 Å². The van der Waals surface area contributed by atoms with Gasteiger partial charge >= 0.3 is 0 Å². The normalized spacial score (nSPS) is 10.4. The molecular weight excluding hydrogens is 248 g/mol. The van der Waals surface area contributed by atoms with Crippen molar-refractivity contribution in [1.82, 2.24) is 25.0 Å². The topological polar surface area (TPSA) is 82.5 Å². The van der Waals surface area contributed by atoms with Gasteiger partial charge in [0, 0.05) is 7.05 Å². The largest absolute Gasteiger partial charge is 0.382 e. The third-order valence-electron chi connectivity index (χ3n) is 1.68. The lowest BCUT2D eigenvalue weighted by Crippen LogP contribution is -1.99. The summed E-state index contributed by atoms with van der Waals surface area (Å²) in [4.78, 5) is 8.07. The van der Waals surface area contributed by atoms with Crippen LogP contribution in [0.3, 0.4) is 0 Å². The lowest BCUT2D eigenvalue weighted by Gasteiger charge is -2.00. The third-order valence-corrected chi connectivity index (χ3v) is 2.22. The number of hydrogen-bond donors (Lipinski definition) is 1. The van der Waals surface area contributed by atoms with Gasteiger partial charge < -0.3 is 5.73 Å². The van der Waals surface area contributed by atoms with Crippen LogP contribution in [0, 0.1) is 0 Å². The second-order valence-electron chi connectivity index (χ2n) is 2.68. The summed E-state index contributed by atoms with van der Waals surface area (Å²) in [6.07, 6.45) is 3.10. The Kier molecular flexibility index (Phi) is 2.16. The maximum absolute atomic E-state index is 5.53. The van der Waals surface area contributed by atoms with E-state index in [4.69, 9.17) is 5.73 Å². The van der Waals surface area contributed by atoms with Crippen molar-refractivity contribution >= 4 is 21.7 Å². The number of aryl methyl sites for hydroxylation is 1. The molecule has 2 rings (SSSR count). The number of halogens is 1. The van der Waals surface area contributed by atoms with Crippen molar-refractivity contribution < 1.29 is 0 Å². The van der Waals surface area contributed by atoms with Gasteiger partial charge in [0.1, 0.15) is 17.2 Å². The molecule has 0 bridgehead atoms. The van der Waals surface area contributed by atoms with Crippen molar-refractivity contribution in [2.24, 2.45) is 7.05 Å². The molecule has 6 nitrogen and oxygen atoms in total. The molecular formula is C7H7BrN6. The van der Waals surface area contributed by atoms with Crippen LogP contribution in [-0.4, -0.2) is 25.0 Å². The van der Waals surface area contributed by atoms with Gasteiger partial charge in [-0.1, -0.05) is 5.21 Å². The molecule has 0 aromatic carbocycles. The van der Waals surface area contributed by atoms with Gasteiger partial charge in [-0.05, 0) is 15.9 Å². The maximum atomic E-state index is 5.53. The first kappa shape index (κ1) is 9.07. The van der Waals surface area contributed by atoms with Gasteiger partial charge in [-0.15, -0.1) is 5.10 Å². The fourth-order valence-electron chi connectivity index (χ4n) is 1.10. The molecule has 2 aromatic rings. The fourth-order valence-corrected chi connectivity index (χ4v) is 1.63. The minimum absolute atomic E-state index is 0.371. The lowest BCUT2D eigenvalue weighted by atomic mass is 10.3. The van der Waals surface area contributed by atoms with Crippen molar-refractivity contribution in [2.75, 3.05) is 5.73 Å². The monoisotopic (exact) mass is 254 g/mol. The average molecular weight is 255 g/mol. The highest BCUT2D eigenvalue weighted by Gasteiger charge is 2.11. The highest BCUT2D eigenvalue weighted by atomic mass is 79.9. The van der Waals surface area contributed by atoms with Gasteiger partial charge in [-0.3, -0.25) is 4.98 Å². The molecule has 2 heterocycles. The molecule has 0 fully saturated rings. The van der Waals surface area contributed by atoms with E-state index in [1.807, 2.05) is 0 Å². The Morgan fingerprint density at radius 1 is 1.43 bits per heavy atom. The summed E-state index contributed by atoms with van der Waals surface area (Å²) < 4.78 is 2.23. The Balaban J connectivity index is 2.59. The standard InChI is InChI=1S/C7H7BrN6/c1-14-6(7(8)12-13-14)4-2-10-3-5(9)11-4/h2-3H,1H3,(H2,9,11). The number of nitrogens with two attached hydrogens (primary N) is 1. The fraction of sp³-hybridized carbons (Fsp3) is 0.143. The van der Waals surface area contributed by atoms with Crippen molar-refractivity contribution in [2.45, 2.75) is 0 Å². The summed E-state index contributed by atoms with van der Waals surface area (Å²) >= 11 is 3.28. The van der Waals surface area contributed by atoms with E-state index in [2.05, 4.69) is 36.2 Å². The Labute approximate surface area is 88.3 Å². The minimum Gasteiger partial charge on any atom is -0.382 e. The first-order chi connectivity index (χ1) is 6.68. The van der Waals surface area contributed by atoms with E-state index in [0.29, 0.717) is 16.1 Å². The van der Waals surface area contributed by atoms with Gasteiger partial charge in [0.2, 0.25) is 0 Å². The van der Waals surface area contributed by atoms with E-state index in [1.54, 1.807) is 17.9 Å². The number of aromatic nitrogens is 5. The molecule has 0 spiro atoms. The first-order valence-corrected chi connectivity index (χ1v) is 4.61. The summed E-state index contributed by atoms with van der Waals surface area (Å²) in [7, 11) is 1.78. The molecule has 72 valence electrons. The molecule has 0 radical (unpaired) electrons. The Hall–Kier alpha value is -1.50. The zero-order valence-electron chi connectivity index (χ0n) is 7.35. The first-order valence-electron chi connectivity index (χ1n) is 3.81. The zero-order chi connectivity index (χ0) is 10.1. The summed E-state index contributed by atoms with van der Waals surface area (Å²) in [6.45, 7) is 0. The van der Waals surface area contributed by atoms with E-state index < -0.39 is 0 Å². The van der Waals surface area contributed by atoms with Crippen LogP contribution in [0.25, 0.3) is 11.4 Å². The van der Waals surface area contributed by atoms with Crippen LogP contribution in [0.15, 0.2) is 17.0 Å². The molecule has 2 aromatic heterocycles. The van der Waals surface area contributed by atoms with Crippen molar-refractivity contribution in [3.63, 3.8) is 0 Å². The molecule has 0 aliphatic heterocycles. The van der Waals surface area contributed by atoms with E-state index >= 15 is 0 Å². The predicted octanol–water partition coefficient (Wildman–Crippen LogP) is 0.617. The van der Waals surface area contributed by atoms with Crippen molar-refractivity contribution in [3.8, 4) is 11.4 Å². The summed E-state index contributed by atoms with van der Waals surface area (Å²) in [6, 6.07) is 0. The molecule has 14 heavy (non-hydrogen) atoms. The number of rotatable bonds is 1. The van der Waals surface area contributed by atoms with Crippen LogP contribution >= 0.6 is 15.9 Å². The molecule has 0 unspecified atom stereocenters. The van der Waals surface area contributed by atoms with Crippen LogP contribution in [0.2, 0.25) is 0 Å². The van der Waals surface area contributed by atoms with Crippen LogP contribution in [0.1, 0.15) is 0 Å². The molecule has 0 atom stereocenters. The Bertz CT molecular complexity index is 445. The zero-order valence-corrected chi connectivity index (χ0v) is 8.93. The molecule has 2 N–H and O–H groups in total. The van der Waals surface area contributed by atoms with Gasteiger partial charge in [-0.25, -0.2) is 9.67 Å². The second kappa shape index (κ2) is 3.33. The van der Waals surface area contributed by atoms with E-state index in [-0.39, 0.29) is 0 Å². The molecule has 0 aliphatic rings. The molecule has 0 aliphatic carbocycles. The maximum Gasteiger partial charge on any atom is 0.157 e. The molecule has 7 heteroatoms. The predicted molar refractivity (Wildman–Crippen MR) is 54.1 cm³/mol. The molecule has 0 saturated heterocycles. The third kappa shape index (κ3) is 1.46. The highest BCUT2D eigenvalue weighted by molar-refractivity contribution is 9.10. The van der Waals surface area contributed by atoms with Crippen LogP contribution < -0.4 is 5.73 Å². The highest BCUT2D eigenvalue weighted by Crippen LogP contribution is 2.23. The Morgan fingerprint density at radius 2 is 2.21 bits per heavy atom. The summed E-state index contributed by atoms with van der Waals surface area (Å²) in [5, 5.41) is 7.68. The van der Waals surface area contributed by atoms with E-state index in [9.17, 15) is 0 Å². The van der Waals surface area contributed by atoms with E-state index in [0.717, 1.165) is 5.69 Å². The van der Waals surface area contributed by atoms with Gasteiger partial charge in [0.25, 0.3) is 0 Å². The van der Waals surface area contributed by atoms with Crippen LogP contribution in [-0.2, 0) is 7.05 Å². The van der Waals surface area contributed by atoms with Crippen molar-refractivity contribution in [1.29, 1.82) is 0 Å². The van der Waals surface area contributed by atoms with Crippen LogP contribution in [0.4, 0.5) is 5.82 Å². The van der Waals surface area contributed by atoms with Gasteiger partial charge in [0.15, 0.2) is 4.60 Å². The lowest BCUT2D eigenvalue weighted by molar-refractivity contribution is 0.718. The smallest absolute Gasteiger partial charge is 0.157 e.